The van der Waals surface area contributed by atoms with Gasteiger partial charge < -0.3 is 13.9 Å². The Hall–Kier alpha value is -2.04. The minimum Gasteiger partial charge on any atom is -0.497 e. The van der Waals surface area contributed by atoms with Crippen LogP contribution in [-0.2, 0) is 14.1 Å². The van der Waals surface area contributed by atoms with E-state index in [9.17, 15) is 0 Å². The van der Waals surface area contributed by atoms with Crippen LogP contribution in [0.3, 0.4) is 0 Å². The predicted octanol–water partition coefficient (Wildman–Crippen LogP) is 1.82. The van der Waals surface area contributed by atoms with Crippen molar-refractivity contribution in [1.29, 1.82) is 0 Å². The molecule has 0 saturated carbocycles. The monoisotopic (exact) mass is 246 g/mol. The van der Waals surface area contributed by atoms with E-state index < -0.39 is 0 Å². The Labute approximate surface area is 106 Å². The number of aryl methyl sites for hydroxylation is 2. The van der Waals surface area contributed by atoms with Crippen molar-refractivity contribution in [3.63, 3.8) is 0 Å². The SMILES string of the molecule is COc1ccc2c(c1)n(C)c(=NN=C(C)C)n2C. The number of fused-ring (bicyclic) bond motifs is 1. The number of ether oxygens (including phenoxy) is 1. The number of aromatic nitrogens is 2. The average molecular weight is 246 g/mol. The van der Waals surface area contributed by atoms with Gasteiger partial charge >= 0.3 is 0 Å². The molecule has 0 amide bonds. The van der Waals surface area contributed by atoms with Gasteiger partial charge in [0.2, 0.25) is 5.62 Å². The van der Waals surface area contributed by atoms with Gasteiger partial charge in [-0.05, 0) is 26.0 Å². The molecule has 2 rings (SSSR count). The molecule has 0 aliphatic heterocycles. The average Bonchev–Trinajstić information content (AvgIpc) is 2.59. The molecule has 0 aliphatic rings. The molecule has 0 spiro atoms. The smallest absolute Gasteiger partial charge is 0.230 e. The van der Waals surface area contributed by atoms with Crippen LogP contribution in [0.15, 0.2) is 28.4 Å². The van der Waals surface area contributed by atoms with Crippen LogP contribution in [0.25, 0.3) is 11.0 Å². The third-order valence-electron chi connectivity index (χ3n) is 2.84. The first-order valence-corrected chi connectivity index (χ1v) is 5.79. The lowest BCUT2D eigenvalue weighted by Crippen LogP contribution is -2.21. The standard InChI is InChI=1S/C13H18N4O/c1-9(2)14-15-13-16(3)11-7-6-10(18-5)8-12(11)17(13)4/h6-8H,1-5H3. The number of methoxy groups -OCH3 is 1. The van der Waals surface area contributed by atoms with E-state index >= 15 is 0 Å². The minimum absolute atomic E-state index is 0.805. The van der Waals surface area contributed by atoms with Crippen LogP contribution in [-0.4, -0.2) is 22.0 Å². The van der Waals surface area contributed by atoms with Gasteiger partial charge in [-0.25, -0.2) is 0 Å². The van der Waals surface area contributed by atoms with E-state index in [1.165, 1.54) is 0 Å². The van der Waals surface area contributed by atoms with Crippen molar-refractivity contribution in [2.45, 2.75) is 13.8 Å². The number of benzene rings is 1. The van der Waals surface area contributed by atoms with Gasteiger partial charge in [-0.2, -0.15) is 5.10 Å². The van der Waals surface area contributed by atoms with Crippen LogP contribution in [0.1, 0.15) is 13.8 Å². The first-order chi connectivity index (χ1) is 8.54. The predicted molar refractivity (Wildman–Crippen MR) is 72.8 cm³/mol. The number of rotatable bonds is 2. The van der Waals surface area contributed by atoms with Gasteiger partial charge in [-0.3, -0.25) is 0 Å². The van der Waals surface area contributed by atoms with Gasteiger partial charge in [-0.15, -0.1) is 5.10 Å². The van der Waals surface area contributed by atoms with E-state index in [1.807, 2.05) is 55.3 Å². The Bertz CT molecular complexity index is 672. The summed E-state index contributed by atoms with van der Waals surface area (Å²) in [6, 6.07) is 5.97. The molecule has 2 aromatic rings. The van der Waals surface area contributed by atoms with Crippen molar-refractivity contribution in [3.05, 3.63) is 23.8 Å². The Morgan fingerprint density at radius 2 is 1.78 bits per heavy atom. The lowest BCUT2D eigenvalue weighted by Gasteiger charge is -2.00. The molecule has 0 N–H and O–H groups in total. The van der Waals surface area contributed by atoms with E-state index in [4.69, 9.17) is 4.74 Å². The Kier molecular flexibility index (Phi) is 3.23. The highest BCUT2D eigenvalue weighted by atomic mass is 16.5. The number of hydrogen-bond acceptors (Lipinski definition) is 3. The fourth-order valence-electron chi connectivity index (χ4n) is 1.90. The summed E-state index contributed by atoms with van der Waals surface area (Å²) >= 11 is 0. The van der Waals surface area contributed by atoms with Gasteiger partial charge in [0.1, 0.15) is 5.75 Å². The van der Waals surface area contributed by atoms with Gasteiger partial charge in [0, 0.05) is 25.9 Å². The van der Waals surface area contributed by atoms with Crippen LogP contribution >= 0.6 is 0 Å². The third kappa shape index (κ3) is 2.03. The zero-order chi connectivity index (χ0) is 13.3. The molecule has 0 saturated heterocycles. The summed E-state index contributed by atoms with van der Waals surface area (Å²) in [7, 11) is 5.62. The molecule has 0 bridgehead atoms. The Balaban J connectivity index is 2.77. The molecule has 5 heteroatoms. The molecular formula is C13H18N4O. The highest BCUT2D eigenvalue weighted by Crippen LogP contribution is 2.18. The van der Waals surface area contributed by atoms with Gasteiger partial charge in [0.25, 0.3) is 0 Å². The van der Waals surface area contributed by atoms with E-state index in [0.29, 0.717) is 0 Å². The summed E-state index contributed by atoms with van der Waals surface area (Å²) in [6.45, 7) is 3.85. The molecule has 0 unspecified atom stereocenters. The molecule has 1 heterocycles. The normalized spacial score (nSPS) is 11.9. The van der Waals surface area contributed by atoms with Crippen LogP contribution < -0.4 is 10.4 Å². The van der Waals surface area contributed by atoms with Crippen molar-refractivity contribution >= 4 is 16.7 Å². The van der Waals surface area contributed by atoms with Crippen LogP contribution in [0.4, 0.5) is 0 Å². The first-order valence-electron chi connectivity index (χ1n) is 5.79. The minimum atomic E-state index is 0.805. The van der Waals surface area contributed by atoms with Crippen molar-refractivity contribution in [2.24, 2.45) is 24.3 Å². The summed E-state index contributed by atoms with van der Waals surface area (Å²) in [6.07, 6.45) is 0. The third-order valence-corrected chi connectivity index (χ3v) is 2.84. The number of nitrogens with zero attached hydrogens (tertiary/aromatic N) is 4. The van der Waals surface area contributed by atoms with Crippen molar-refractivity contribution in [2.75, 3.05) is 7.11 Å². The lowest BCUT2D eigenvalue weighted by molar-refractivity contribution is 0.415. The zero-order valence-corrected chi connectivity index (χ0v) is 11.4. The Morgan fingerprint density at radius 1 is 1.11 bits per heavy atom. The summed E-state index contributed by atoms with van der Waals surface area (Å²) in [4.78, 5) is 0. The van der Waals surface area contributed by atoms with E-state index in [2.05, 4.69) is 10.2 Å². The van der Waals surface area contributed by atoms with Crippen molar-refractivity contribution in [3.8, 4) is 5.75 Å². The summed E-state index contributed by atoms with van der Waals surface area (Å²) in [5.74, 6) is 0.838. The highest BCUT2D eigenvalue weighted by Gasteiger charge is 2.07. The first kappa shape index (κ1) is 12.4. The van der Waals surface area contributed by atoms with Crippen LogP contribution in [0, 0.1) is 0 Å². The van der Waals surface area contributed by atoms with Crippen LogP contribution in [0.5, 0.6) is 5.75 Å². The number of imidazole rings is 1. The molecule has 96 valence electrons. The molecule has 5 nitrogen and oxygen atoms in total. The van der Waals surface area contributed by atoms with Gasteiger partial charge in [-0.1, -0.05) is 0 Å². The molecule has 1 aromatic heterocycles. The van der Waals surface area contributed by atoms with Gasteiger partial charge in [0.15, 0.2) is 0 Å². The summed E-state index contributed by atoms with van der Waals surface area (Å²) in [5, 5.41) is 8.39. The second-order valence-electron chi connectivity index (χ2n) is 4.42. The number of hydrogen-bond donors (Lipinski definition) is 0. The highest BCUT2D eigenvalue weighted by molar-refractivity contribution is 5.79. The maximum atomic E-state index is 5.24. The maximum Gasteiger partial charge on any atom is 0.230 e. The molecule has 18 heavy (non-hydrogen) atoms. The molecule has 1 aromatic carbocycles. The van der Waals surface area contributed by atoms with Crippen molar-refractivity contribution in [1.82, 2.24) is 9.13 Å². The topological polar surface area (TPSA) is 43.8 Å². The molecule has 0 aliphatic carbocycles. The van der Waals surface area contributed by atoms with E-state index in [0.717, 1.165) is 28.1 Å². The van der Waals surface area contributed by atoms with E-state index in [1.54, 1.807) is 7.11 Å². The van der Waals surface area contributed by atoms with E-state index in [-0.39, 0.29) is 0 Å². The summed E-state index contributed by atoms with van der Waals surface area (Å²) in [5.41, 5.74) is 3.90. The van der Waals surface area contributed by atoms with Gasteiger partial charge in [0.05, 0.1) is 18.1 Å². The lowest BCUT2D eigenvalue weighted by atomic mass is 10.3. The fourth-order valence-corrected chi connectivity index (χ4v) is 1.90. The second-order valence-corrected chi connectivity index (χ2v) is 4.42. The van der Waals surface area contributed by atoms with Crippen LogP contribution in [0.2, 0.25) is 0 Å². The second kappa shape index (κ2) is 4.68. The fraction of sp³-hybridized carbons (Fsp3) is 0.385. The molecular weight excluding hydrogens is 228 g/mol. The van der Waals surface area contributed by atoms with Crippen molar-refractivity contribution < 1.29 is 4.74 Å². The zero-order valence-electron chi connectivity index (χ0n) is 11.4. The molecule has 0 radical (unpaired) electrons. The maximum absolute atomic E-state index is 5.24. The Morgan fingerprint density at radius 3 is 2.39 bits per heavy atom. The summed E-state index contributed by atoms with van der Waals surface area (Å²) < 4.78 is 9.26. The molecule has 0 fully saturated rings. The largest absolute Gasteiger partial charge is 0.497 e. The molecule has 0 atom stereocenters. The quantitative estimate of drug-likeness (QED) is 0.589.